The number of thioether (sulfide) groups is 1. The third-order valence-electron chi connectivity index (χ3n) is 1.38. The van der Waals surface area contributed by atoms with Crippen molar-refractivity contribution < 1.29 is 0 Å². The fourth-order valence-electron chi connectivity index (χ4n) is 0.841. The quantitative estimate of drug-likeness (QED) is 0.885. The van der Waals surface area contributed by atoms with Gasteiger partial charge in [0.05, 0.1) is 0 Å². The minimum absolute atomic E-state index is 0.528. The number of nitrogen functional groups attached to an aromatic ring is 1. The lowest BCUT2D eigenvalue weighted by atomic mass is 10.5. The molecule has 0 bridgehead atoms. The van der Waals surface area contributed by atoms with Gasteiger partial charge in [-0.1, -0.05) is 23.1 Å². The number of nitrogens with zero attached hydrogens (tertiary/aromatic N) is 2. The molecule has 0 atom stereocenters. The van der Waals surface area contributed by atoms with E-state index < -0.39 is 0 Å². The minimum Gasteiger partial charge on any atom is -0.374 e. The van der Waals surface area contributed by atoms with E-state index in [-0.39, 0.29) is 0 Å². The standard InChI is InChI=1S/C7H6BrN3S3/c8-4-1-5(12-2-4)3-13-7-11-10-6(9)14-7/h1-2H,3H2,(H2,9,10). The molecule has 0 saturated carbocycles. The molecule has 7 heteroatoms. The summed E-state index contributed by atoms with van der Waals surface area (Å²) in [5, 5.41) is 10.3. The third kappa shape index (κ3) is 2.69. The van der Waals surface area contributed by atoms with Crippen molar-refractivity contribution in [1.29, 1.82) is 0 Å². The first-order chi connectivity index (χ1) is 6.74. The van der Waals surface area contributed by atoms with Crippen LogP contribution in [0.2, 0.25) is 0 Å². The van der Waals surface area contributed by atoms with Crippen LogP contribution < -0.4 is 5.73 Å². The second-order valence-electron chi connectivity index (χ2n) is 2.43. The number of hydrogen-bond donors (Lipinski definition) is 1. The van der Waals surface area contributed by atoms with Crippen LogP contribution in [0.3, 0.4) is 0 Å². The second-order valence-corrected chi connectivity index (χ2v) is 6.57. The number of rotatable bonds is 3. The molecule has 2 aromatic rings. The van der Waals surface area contributed by atoms with E-state index >= 15 is 0 Å². The Morgan fingerprint density at radius 1 is 1.50 bits per heavy atom. The maximum Gasteiger partial charge on any atom is 0.203 e. The van der Waals surface area contributed by atoms with Gasteiger partial charge < -0.3 is 5.73 Å². The highest BCUT2D eigenvalue weighted by Gasteiger charge is 2.03. The van der Waals surface area contributed by atoms with Crippen LogP contribution in [-0.2, 0) is 5.75 Å². The number of halogens is 1. The zero-order valence-electron chi connectivity index (χ0n) is 6.94. The first-order valence-electron chi connectivity index (χ1n) is 3.69. The van der Waals surface area contributed by atoms with Crippen LogP contribution in [0, 0.1) is 0 Å². The van der Waals surface area contributed by atoms with Gasteiger partial charge in [-0.2, -0.15) is 0 Å². The highest BCUT2D eigenvalue weighted by molar-refractivity contribution is 9.10. The molecule has 0 amide bonds. The number of nitrogens with two attached hydrogens (primary N) is 1. The van der Waals surface area contributed by atoms with Crippen molar-refractivity contribution in [1.82, 2.24) is 10.2 Å². The topological polar surface area (TPSA) is 51.8 Å². The predicted octanol–water partition coefficient (Wildman–Crippen LogP) is 3.24. The fraction of sp³-hybridized carbons (Fsp3) is 0.143. The van der Waals surface area contributed by atoms with E-state index in [0.29, 0.717) is 5.13 Å². The summed E-state index contributed by atoms with van der Waals surface area (Å²) in [6.07, 6.45) is 0. The number of thiophene rings is 1. The fourth-order valence-corrected chi connectivity index (χ4v) is 3.98. The molecule has 0 aliphatic heterocycles. The van der Waals surface area contributed by atoms with Crippen molar-refractivity contribution in [2.24, 2.45) is 0 Å². The average Bonchev–Trinajstić information content (AvgIpc) is 2.72. The SMILES string of the molecule is Nc1nnc(SCc2cc(Br)cs2)s1. The van der Waals surface area contributed by atoms with E-state index in [4.69, 9.17) is 5.73 Å². The van der Waals surface area contributed by atoms with Gasteiger partial charge in [-0.05, 0) is 22.0 Å². The summed E-state index contributed by atoms with van der Waals surface area (Å²) < 4.78 is 2.06. The lowest BCUT2D eigenvalue weighted by molar-refractivity contribution is 1.02. The molecule has 0 fully saturated rings. The highest BCUT2D eigenvalue weighted by atomic mass is 79.9. The van der Waals surface area contributed by atoms with Crippen molar-refractivity contribution in [2.45, 2.75) is 10.1 Å². The Bertz CT molecular complexity index is 385. The van der Waals surface area contributed by atoms with Gasteiger partial charge in [-0.3, -0.25) is 0 Å². The van der Waals surface area contributed by atoms with Gasteiger partial charge in [0.25, 0.3) is 0 Å². The van der Waals surface area contributed by atoms with Crippen LogP contribution in [0.25, 0.3) is 0 Å². The molecule has 0 spiro atoms. The summed E-state index contributed by atoms with van der Waals surface area (Å²) in [7, 11) is 0. The van der Waals surface area contributed by atoms with Gasteiger partial charge in [0.15, 0.2) is 4.34 Å². The van der Waals surface area contributed by atoms with Crippen LogP contribution >= 0.6 is 50.4 Å². The van der Waals surface area contributed by atoms with Gasteiger partial charge in [0.2, 0.25) is 5.13 Å². The van der Waals surface area contributed by atoms with Gasteiger partial charge in [-0.25, -0.2) is 0 Å². The lowest BCUT2D eigenvalue weighted by Crippen LogP contribution is -1.79. The Balaban J connectivity index is 1.94. The Morgan fingerprint density at radius 2 is 2.36 bits per heavy atom. The normalized spacial score (nSPS) is 10.6. The number of hydrogen-bond acceptors (Lipinski definition) is 6. The number of anilines is 1. The monoisotopic (exact) mass is 307 g/mol. The van der Waals surface area contributed by atoms with E-state index in [1.807, 2.05) is 0 Å². The molecule has 0 saturated heterocycles. The van der Waals surface area contributed by atoms with Gasteiger partial charge in [0.1, 0.15) is 0 Å². The first kappa shape index (κ1) is 10.4. The van der Waals surface area contributed by atoms with Gasteiger partial charge in [0, 0.05) is 20.5 Å². The predicted molar refractivity (Wildman–Crippen MR) is 65.9 cm³/mol. The second kappa shape index (κ2) is 4.61. The molecule has 2 N–H and O–H groups in total. The van der Waals surface area contributed by atoms with Crippen molar-refractivity contribution in [3.8, 4) is 0 Å². The van der Waals surface area contributed by atoms with Gasteiger partial charge >= 0.3 is 0 Å². The van der Waals surface area contributed by atoms with Crippen molar-refractivity contribution in [3.63, 3.8) is 0 Å². The molecule has 14 heavy (non-hydrogen) atoms. The van der Waals surface area contributed by atoms with E-state index in [2.05, 4.69) is 37.6 Å². The molecule has 0 aliphatic rings. The Morgan fingerprint density at radius 3 is 2.93 bits per heavy atom. The van der Waals surface area contributed by atoms with Crippen LogP contribution in [0.5, 0.6) is 0 Å². The number of aromatic nitrogens is 2. The molecule has 2 heterocycles. The molecular weight excluding hydrogens is 302 g/mol. The van der Waals surface area contributed by atoms with E-state index in [1.54, 1.807) is 23.1 Å². The Hall–Kier alpha value is -0.110. The van der Waals surface area contributed by atoms with E-state index in [0.717, 1.165) is 14.6 Å². The van der Waals surface area contributed by atoms with Crippen LogP contribution in [0.15, 0.2) is 20.3 Å². The van der Waals surface area contributed by atoms with Crippen molar-refractivity contribution >= 4 is 55.5 Å². The van der Waals surface area contributed by atoms with Gasteiger partial charge in [-0.15, -0.1) is 21.5 Å². The zero-order chi connectivity index (χ0) is 9.97. The Kier molecular flexibility index (Phi) is 3.42. The maximum absolute atomic E-state index is 5.48. The largest absolute Gasteiger partial charge is 0.374 e. The van der Waals surface area contributed by atoms with E-state index in [9.17, 15) is 0 Å². The molecule has 2 aromatic heterocycles. The summed E-state index contributed by atoms with van der Waals surface area (Å²) in [6.45, 7) is 0. The summed E-state index contributed by atoms with van der Waals surface area (Å²) in [4.78, 5) is 1.32. The molecule has 2 rings (SSSR count). The van der Waals surface area contributed by atoms with Crippen LogP contribution in [0.4, 0.5) is 5.13 Å². The highest BCUT2D eigenvalue weighted by Crippen LogP contribution is 2.30. The molecule has 3 nitrogen and oxygen atoms in total. The zero-order valence-corrected chi connectivity index (χ0v) is 11.0. The molecule has 0 aliphatic carbocycles. The minimum atomic E-state index is 0.528. The van der Waals surface area contributed by atoms with E-state index in [1.165, 1.54) is 16.2 Å². The van der Waals surface area contributed by atoms with Crippen molar-refractivity contribution in [2.75, 3.05) is 5.73 Å². The smallest absolute Gasteiger partial charge is 0.203 e. The average molecular weight is 308 g/mol. The first-order valence-corrected chi connectivity index (χ1v) is 7.16. The summed E-state index contributed by atoms with van der Waals surface area (Å²) in [5.41, 5.74) is 5.48. The maximum atomic E-state index is 5.48. The molecule has 0 radical (unpaired) electrons. The molecular formula is C7H6BrN3S3. The molecule has 0 unspecified atom stereocenters. The summed E-state index contributed by atoms with van der Waals surface area (Å²) >= 11 is 8.24. The Labute approximate surface area is 102 Å². The molecule has 0 aromatic carbocycles. The van der Waals surface area contributed by atoms with Crippen LogP contribution in [-0.4, -0.2) is 10.2 Å². The lowest BCUT2D eigenvalue weighted by Gasteiger charge is -1.91. The van der Waals surface area contributed by atoms with Crippen molar-refractivity contribution in [3.05, 3.63) is 20.8 Å². The molecule has 74 valence electrons. The van der Waals surface area contributed by atoms with Crippen LogP contribution in [0.1, 0.15) is 4.88 Å². The third-order valence-corrected chi connectivity index (χ3v) is 5.20. The summed E-state index contributed by atoms with van der Waals surface area (Å²) in [6, 6.07) is 2.11. The summed E-state index contributed by atoms with van der Waals surface area (Å²) in [5.74, 6) is 0.922.